The summed E-state index contributed by atoms with van der Waals surface area (Å²) in [6.07, 6.45) is 0.107. The molecular weight excluding hydrogens is 294 g/mol. The van der Waals surface area contributed by atoms with Crippen LogP contribution in [0.5, 0.6) is 0 Å². The molecule has 2 rings (SSSR count). The van der Waals surface area contributed by atoms with Gasteiger partial charge in [0.2, 0.25) is 11.8 Å². The summed E-state index contributed by atoms with van der Waals surface area (Å²) in [7, 11) is 0. The molecule has 0 saturated carbocycles. The summed E-state index contributed by atoms with van der Waals surface area (Å²) >= 11 is 0. The minimum absolute atomic E-state index is 0.0527. The minimum atomic E-state index is -0.347. The third-order valence-electron chi connectivity index (χ3n) is 3.67. The lowest BCUT2D eigenvalue weighted by atomic mass is 10.2. The number of hydrogen-bond acceptors (Lipinski definition) is 4. The Labute approximate surface area is 137 Å². The Balaban J connectivity index is 1.99. The van der Waals surface area contributed by atoms with Gasteiger partial charge in [0.25, 0.3) is 0 Å². The monoisotopic (exact) mass is 319 g/mol. The van der Waals surface area contributed by atoms with Gasteiger partial charge in [0.1, 0.15) is 6.04 Å². The van der Waals surface area contributed by atoms with Crippen LogP contribution in [-0.2, 0) is 14.3 Å². The first-order chi connectivity index (χ1) is 10.8. The number of benzene rings is 1. The van der Waals surface area contributed by atoms with Crippen LogP contribution in [-0.4, -0.2) is 48.1 Å². The molecule has 0 aromatic heterocycles. The molecular formula is C17H25N3O3. The lowest BCUT2D eigenvalue weighted by Gasteiger charge is -2.36. The number of carbonyl (C=O) groups excluding carboxylic acids is 2. The van der Waals surface area contributed by atoms with E-state index in [4.69, 9.17) is 4.74 Å². The van der Waals surface area contributed by atoms with Crippen molar-refractivity contribution in [2.75, 3.05) is 23.7 Å². The molecule has 0 aliphatic carbocycles. The van der Waals surface area contributed by atoms with Crippen LogP contribution < -0.4 is 10.6 Å². The summed E-state index contributed by atoms with van der Waals surface area (Å²) in [6, 6.07) is 6.99. The second-order valence-electron chi connectivity index (χ2n) is 6.13. The third kappa shape index (κ3) is 4.96. The Hall–Kier alpha value is -2.08. The number of anilines is 2. The average Bonchev–Trinajstić information content (AvgIpc) is 2.45. The predicted octanol–water partition coefficient (Wildman–Crippen LogP) is 2.08. The zero-order chi connectivity index (χ0) is 17.0. The van der Waals surface area contributed by atoms with E-state index < -0.39 is 0 Å². The van der Waals surface area contributed by atoms with Gasteiger partial charge in [-0.3, -0.25) is 9.59 Å². The quantitative estimate of drug-likeness (QED) is 0.891. The van der Waals surface area contributed by atoms with E-state index in [9.17, 15) is 9.59 Å². The smallest absolute Gasteiger partial charge is 0.244 e. The molecule has 1 aromatic rings. The standard InChI is InChI=1S/C17H25N3O3/c1-11-9-20(10-12(2)23-11)17(22)13(3)18-15-6-5-7-16(8-15)19-14(4)21/h5-8,11-13,18H,9-10H2,1-4H3,(H,19,21)/t11-,12-,13-/m1/s1. The fraction of sp³-hybridized carbons (Fsp3) is 0.529. The molecule has 1 heterocycles. The number of hydrogen-bond donors (Lipinski definition) is 2. The molecule has 0 unspecified atom stereocenters. The van der Waals surface area contributed by atoms with Crippen LogP contribution >= 0.6 is 0 Å². The molecule has 1 aromatic carbocycles. The summed E-state index contributed by atoms with van der Waals surface area (Å²) in [5, 5.41) is 5.93. The van der Waals surface area contributed by atoms with E-state index in [1.54, 1.807) is 0 Å². The average molecular weight is 319 g/mol. The van der Waals surface area contributed by atoms with Crippen molar-refractivity contribution in [3.63, 3.8) is 0 Å². The van der Waals surface area contributed by atoms with Crippen molar-refractivity contribution in [2.45, 2.75) is 45.9 Å². The summed E-state index contributed by atoms with van der Waals surface area (Å²) < 4.78 is 5.66. The van der Waals surface area contributed by atoms with Gasteiger partial charge in [-0.15, -0.1) is 0 Å². The molecule has 0 bridgehead atoms. The van der Waals surface area contributed by atoms with E-state index in [1.807, 2.05) is 49.9 Å². The Bertz CT molecular complexity index is 566. The normalized spacial score (nSPS) is 22.3. The number of ether oxygens (including phenoxy) is 1. The molecule has 6 nitrogen and oxygen atoms in total. The van der Waals surface area contributed by atoms with Crippen LogP contribution in [0.2, 0.25) is 0 Å². The van der Waals surface area contributed by atoms with Gasteiger partial charge in [-0.1, -0.05) is 6.07 Å². The van der Waals surface area contributed by atoms with Crippen molar-refractivity contribution in [1.82, 2.24) is 4.90 Å². The molecule has 3 atom stereocenters. The molecule has 1 fully saturated rings. The fourth-order valence-electron chi connectivity index (χ4n) is 2.83. The summed E-state index contributed by atoms with van der Waals surface area (Å²) in [4.78, 5) is 25.6. The molecule has 0 radical (unpaired) electrons. The van der Waals surface area contributed by atoms with E-state index in [2.05, 4.69) is 10.6 Å². The van der Waals surface area contributed by atoms with Crippen molar-refractivity contribution in [2.24, 2.45) is 0 Å². The Morgan fingerprint density at radius 3 is 2.43 bits per heavy atom. The molecule has 2 amide bonds. The predicted molar refractivity (Wildman–Crippen MR) is 90.4 cm³/mol. The van der Waals surface area contributed by atoms with Crippen molar-refractivity contribution >= 4 is 23.2 Å². The maximum Gasteiger partial charge on any atom is 0.244 e. The van der Waals surface area contributed by atoms with E-state index in [0.717, 1.165) is 5.69 Å². The summed E-state index contributed by atoms with van der Waals surface area (Å²) in [6.45, 7) is 8.49. The van der Waals surface area contributed by atoms with Crippen LogP contribution in [0.25, 0.3) is 0 Å². The maximum atomic E-state index is 12.6. The Morgan fingerprint density at radius 1 is 1.22 bits per heavy atom. The van der Waals surface area contributed by atoms with Crippen molar-refractivity contribution in [1.29, 1.82) is 0 Å². The van der Waals surface area contributed by atoms with Crippen LogP contribution in [0.3, 0.4) is 0 Å². The SMILES string of the molecule is CC(=O)Nc1cccc(N[C@H](C)C(=O)N2C[C@@H](C)O[C@H](C)C2)c1. The molecule has 23 heavy (non-hydrogen) atoms. The fourth-order valence-corrected chi connectivity index (χ4v) is 2.83. The van der Waals surface area contributed by atoms with E-state index in [-0.39, 0.29) is 30.1 Å². The highest BCUT2D eigenvalue weighted by atomic mass is 16.5. The van der Waals surface area contributed by atoms with Crippen molar-refractivity contribution in [3.8, 4) is 0 Å². The van der Waals surface area contributed by atoms with Crippen LogP contribution in [0.4, 0.5) is 11.4 Å². The first kappa shape index (κ1) is 17.3. The second-order valence-corrected chi connectivity index (χ2v) is 6.13. The first-order valence-electron chi connectivity index (χ1n) is 7.93. The largest absolute Gasteiger partial charge is 0.374 e. The number of rotatable bonds is 4. The molecule has 1 aliphatic heterocycles. The van der Waals surface area contributed by atoms with Crippen molar-refractivity contribution < 1.29 is 14.3 Å². The second kappa shape index (κ2) is 7.46. The highest BCUT2D eigenvalue weighted by molar-refractivity contribution is 5.89. The van der Waals surface area contributed by atoms with Gasteiger partial charge >= 0.3 is 0 Å². The Kier molecular flexibility index (Phi) is 5.60. The summed E-state index contributed by atoms with van der Waals surface area (Å²) in [5.41, 5.74) is 1.50. The Morgan fingerprint density at radius 2 is 1.83 bits per heavy atom. The summed E-state index contributed by atoms with van der Waals surface area (Å²) in [5.74, 6) is -0.0699. The minimum Gasteiger partial charge on any atom is -0.374 e. The van der Waals surface area contributed by atoms with Gasteiger partial charge in [-0.2, -0.15) is 0 Å². The number of nitrogens with zero attached hydrogens (tertiary/aromatic N) is 1. The van der Waals surface area contributed by atoms with E-state index in [1.165, 1.54) is 6.92 Å². The van der Waals surface area contributed by atoms with Gasteiger partial charge < -0.3 is 20.3 Å². The molecule has 0 spiro atoms. The molecule has 2 N–H and O–H groups in total. The molecule has 1 saturated heterocycles. The van der Waals surface area contributed by atoms with Gasteiger partial charge in [-0.25, -0.2) is 0 Å². The van der Waals surface area contributed by atoms with Crippen LogP contribution in [0.1, 0.15) is 27.7 Å². The van der Waals surface area contributed by atoms with Crippen LogP contribution in [0.15, 0.2) is 24.3 Å². The van der Waals surface area contributed by atoms with Gasteiger partial charge in [0.05, 0.1) is 12.2 Å². The zero-order valence-corrected chi connectivity index (χ0v) is 14.1. The van der Waals surface area contributed by atoms with Gasteiger partial charge in [0, 0.05) is 31.4 Å². The molecule has 1 aliphatic rings. The van der Waals surface area contributed by atoms with Crippen molar-refractivity contribution in [3.05, 3.63) is 24.3 Å². The highest BCUT2D eigenvalue weighted by Gasteiger charge is 2.28. The topological polar surface area (TPSA) is 70.7 Å². The lowest BCUT2D eigenvalue weighted by Crippen LogP contribution is -2.52. The van der Waals surface area contributed by atoms with Crippen LogP contribution in [0, 0.1) is 0 Å². The maximum absolute atomic E-state index is 12.6. The number of amides is 2. The zero-order valence-electron chi connectivity index (χ0n) is 14.1. The van der Waals surface area contributed by atoms with E-state index >= 15 is 0 Å². The number of carbonyl (C=O) groups is 2. The first-order valence-corrected chi connectivity index (χ1v) is 7.93. The molecule has 6 heteroatoms. The molecule has 126 valence electrons. The van der Waals surface area contributed by atoms with Gasteiger partial charge in [-0.05, 0) is 39.0 Å². The third-order valence-corrected chi connectivity index (χ3v) is 3.67. The number of morpholine rings is 1. The lowest BCUT2D eigenvalue weighted by molar-refractivity contribution is -0.143. The van der Waals surface area contributed by atoms with E-state index in [0.29, 0.717) is 18.8 Å². The highest BCUT2D eigenvalue weighted by Crippen LogP contribution is 2.17. The van der Waals surface area contributed by atoms with Gasteiger partial charge in [0.15, 0.2) is 0 Å². The number of nitrogens with one attached hydrogen (secondary N) is 2.